The Morgan fingerprint density at radius 3 is 2.62 bits per heavy atom. The zero-order valence-corrected chi connectivity index (χ0v) is 11.6. The van der Waals surface area contributed by atoms with Crippen LogP contribution < -0.4 is 10.6 Å². The summed E-state index contributed by atoms with van der Waals surface area (Å²) >= 11 is 0. The minimum absolute atomic E-state index is 0.137. The summed E-state index contributed by atoms with van der Waals surface area (Å²) in [5.74, 6) is -1.64. The monoisotopic (exact) mass is 287 g/mol. The standard InChI is InChI=1S/C15H14FN3O2/c1-9-5-6-11(18-10(2)20)8-13(9)19-15(21)12-4-3-7-17-14(12)16/h3-8H,1-2H3,(H,18,20)(H,19,21). The number of hydrogen-bond donors (Lipinski definition) is 2. The zero-order chi connectivity index (χ0) is 15.4. The van der Waals surface area contributed by atoms with E-state index in [0.717, 1.165) is 5.56 Å². The van der Waals surface area contributed by atoms with Gasteiger partial charge in [0.25, 0.3) is 5.91 Å². The van der Waals surface area contributed by atoms with E-state index < -0.39 is 11.9 Å². The second-order valence-electron chi connectivity index (χ2n) is 4.51. The first-order valence-electron chi connectivity index (χ1n) is 6.27. The van der Waals surface area contributed by atoms with E-state index in [2.05, 4.69) is 15.6 Å². The Kier molecular flexibility index (Phi) is 4.27. The molecule has 108 valence electrons. The Labute approximate surface area is 121 Å². The van der Waals surface area contributed by atoms with Crippen molar-refractivity contribution in [2.24, 2.45) is 0 Å². The van der Waals surface area contributed by atoms with Crippen molar-refractivity contribution in [1.82, 2.24) is 4.98 Å². The third-order valence-corrected chi connectivity index (χ3v) is 2.81. The molecule has 2 rings (SSSR count). The van der Waals surface area contributed by atoms with E-state index in [4.69, 9.17) is 0 Å². The summed E-state index contributed by atoms with van der Waals surface area (Å²) in [6.07, 6.45) is 1.27. The molecule has 2 N–H and O–H groups in total. The lowest BCUT2D eigenvalue weighted by Crippen LogP contribution is -2.15. The molecule has 0 saturated carbocycles. The molecule has 6 heteroatoms. The maximum atomic E-state index is 13.5. The van der Waals surface area contributed by atoms with E-state index in [0.29, 0.717) is 11.4 Å². The average molecular weight is 287 g/mol. The molecule has 5 nitrogen and oxygen atoms in total. The van der Waals surface area contributed by atoms with Gasteiger partial charge in [-0.3, -0.25) is 9.59 Å². The largest absolute Gasteiger partial charge is 0.326 e. The maximum absolute atomic E-state index is 13.5. The lowest BCUT2D eigenvalue weighted by atomic mass is 10.1. The molecule has 1 heterocycles. The number of halogens is 1. The molecule has 0 saturated heterocycles. The number of benzene rings is 1. The Balaban J connectivity index is 2.24. The fraction of sp³-hybridized carbons (Fsp3) is 0.133. The highest BCUT2D eigenvalue weighted by Crippen LogP contribution is 2.21. The van der Waals surface area contributed by atoms with Gasteiger partial charge >= 0.3 is 0 Å². The van der Waals surface area contributed by atoms with Crippen LogP contribution in [0.5, 0.6) is 0 Å². The van der Waals surface area contributed by atoms with E-state index in [1.54, 1.807) is 25.1 Å². The molecule has 1 aromatic heterocycles. The normalized spacial score (nSPS) is 10.0. The first kappa shape index (κ1) is 14.6. The van der Waals surface area contributed by atoms with Crippen LogP contribution in [-0.2, 0) is 4.79 Å². The van der Waals surface area contributed by atoms with Crippen LogP contribution in [0.2, 0.25) is 0 Å². The van der Waals surface area contributed by atoms with Gasteiger partial charge in [0.15, 0.2) is 0 Å². The average Bonchev–Trinajstić information content (AvgIpc) is 2.42. The van der Waals surface area contributed by atoms with Crippen LogP contribution in [0.1, 0.15) is 22.8 Å². The van der Waals surface area contributed by atoms with Crippen molar-refractivity contribution in [2.75, 3.05) is 10.6 Å². The quantitative estimate of drug-likeness (QED) is 0.853. The Morgan fingerprint density at radius 2 is 1.95 bits per heavy atom. The molecule has 0 spiro atoms. The van der Waals surface area contributed by atoms with Crippen molar-refractivity contribution < 1.29 is 14.0 Å². The van der Waals surface area contributed by atoms with Gasteiger partial charge in [-0.1, -0.05) is 6.07 Å². The van der Waals surface area contributed by atoms with Crippen molar-refractivity contribution in [3.63, 3.8) is 0 Å². The Hall–Kier alpha value is -2.76. The number of carbonyl (C=O) groups excluding carboxylic acids is 2. The summed E-state index contributed by atoms with van der Waals surface area (Å²) in [7, 11) is 0. The molecule has 1 aromatic carbocycles. The molecule has 0 fully saturated rings. The van der Waals surface area contributed by atoms with Gasteiger partial charge in [0.2, 0.25) is 11.9 Å². The topological polar surface area (TPSA) is 71.1 Å². The van der Waals surface area contributed by atoms with Gasteiger partial charge in [0.05, 0.1) is 5.56 Å². The van der Waals surface area contributed by atoms with Crippen molar-refractivity contribution in [1.29, 1.82) is 0 Å². The van der Waals surface area contributed by atoms with Crippen molar-refractivity contribution in [2.45, 2.75) is 13.8 Å². The summed E-state index contributed by atoms with van der Waals surface area (Å²) in [4.78, 5) is 26.5. The van der Waals surface area contributed by atoms with E-state index in [1.807, 2.05) is 0 Å². The lowest BCUT2D eigenvalue weighted by Gasteiger charge is -2.11. The number of aromatic nitrogens is 1. The van der Waals surface area contributed by atoms with Crippen LogP contribution in [-0.4, -0.2) is 16.8 Å². The molecule has 0 radical (unpaired) electrons. The Bertz CT molecular complexity index is 701. The summed E-state index contributed by atoms with van der Waals surface area (Å²) in [5.41, 5.74) is 1.70. The molecular formula is C15H14FN3O2. The van der Waals surface area contributed by atoms with Crippen LogP contribution >= 0.6 is 0 Å². The van der Waals surface area contributed by atoms with Crippen LogP contribution in [0.4, 0.5) is 15.8 Å². The van der Waals surface area contributed by atoms with Gasteiger partial charge in [0.1, 0.15) is 0 Å². The second-order valence-corrected chi connectivity index (χ2v) is 4.51. The number of aryl methyl sites for hydroxylation is 1. The third-order valence-electron chi connectivity index (χ3n) is 2.81. The molecular weight excluding hydrogens is 273 g/mol. The molecule has 0 aliphatic rings. The summed E-state index contributed by atoms with van der Waals surface area (Å²) < 4.78 is 13.5. The van der Waals surface area contributed by atoms with Crippen LogP contribution in [0, 0.1) is 12.9 Å². The maximum Gasteiger partial charge on any atom is 0.260 e. The summed E-state index contributed by atoms with van der Waals surface area (Å²) in [5, 5.41) is 5.23. The fourth-order valence-electron chi connectivity index (χ4n) is 1.78. The molecule has 0 aliphatic heterocycles. The SMILES string of the molecule is CC(=O)Nc1ccc(C)c(NC(=O)c2cccnc2F)c1. The molecule has 2 amide bonds. The van der Waals surface area contributed by atoms with E-state index in [-0.39, 0.29) is 11.5 Å². The number of pyridine rings is 1. The minimum Gasteiger partial charge on any atom is -0.326 e. The first-order chi connectivity index (χ1) is 9.97. The number of nitrogens with one attached hydrogen (secondary N) is 2. The predicted octanol–water partition coefficient (Wildman–Crippen LogP) is 2.74. The molecule has 0 bridgehead atoms. The molecule has 2 aromatic rings. The molecule has 0 aliphatic carbocycles. The van der Waals surface area contributed by atoms with E-state index >= 15 is 0 Å². The number of hydrogen-bond acceptors (Lipinski definition) is 3. The van der Waals surface area contributed by atoms with Gasteiger partial charge in [-0.2, -0.15) is 4.39 Å². The van der Waals surface area contributed by atoms with Crippen LogP contribution in [0.15, 0.2) is 36.5 Å². The third kappa shape index (κ3) is 3.62. The van der Waals surface area contributed by atoms with E-state index in [1.165, 1.54) is 25.3 Å². The molecule has 0 unspecified atom stereocenters. The highest BCUT2D eigenvalue weighted by atomic mass is 19.1. The van der Waals surface area contributed by atoms with Crippen molar-refractivity contribution in [3.05, 3.63) is 53.6 Å². The predicted molar refractivity (Wildman–Crippen MR) is 77.6 cm³/mol. The fourth-order valence-corrected chi connectivity index (χ4v) is 1.78. The number of rotatable bonds is 3. The molecule has 21 heavy (non-hydrogen) atoms. The van der Waals surface area contributed by atoms with Crippen molar-refractivity contribution >= 4 is 23.2 Å². The summed E-state index contributed by atoms with van der Waals surface area (Å²) in [6.45, 7) is 3.19. The van der Waals surface area contributed by atoms with Gasteiger partial charge in [0, 0.05) is 24.5 Å². The van der Waals surface area contributed by atoms with Crippen molar-refractivity contribution in [3.8, 4) is 0 Å². The molecule has 0 atom stereocenters. The number of carbonyl (C=O) groups is 2. The number of amides is 2. The zero-order valence-electron chi connectivity index (χ0n) is 11.6. The summed E-state index contributed by atoms with van der Waals surface area (Å²) in [6, 6.07) is 7.92. The second kappa shape index (κ2) is 6.13. The lowest BCUT2D eigenvalue weighted by molar-refractivity contribution is -0.114. The van der Waals surface area contributed by atoms with Crippen LogP contribution in [0.3, 0.4) is 0 Å². The smallest absolute Gasteiger partial charge is 0.260 e. The first-order valence-corrected chi connectivity index (χ1v) is 6.27. The highest BCUT2D eigenvalue weighted by Gasteiger charge is 2.13. The van der Waals surface area contributed by atoms with Gasteiger partial charge in [-0.15, -0.1) is 0 Å². The number of nitrogens with zero attached hydrogens (tertiary/aromatic N) is 1. The highest BCUT2D eigenvalue weighted by molar-refractivity contribution is 6.05. The number of anilines is 2. The minimum atomic E-state index is -0.828. The van der Waals surface area contributed by atoms with Gasteiger partial charge in [-0.25, -0.2) is 4.98 Å². The van der Waals surface area contributed by atoms with Crippen LogP contribution in [0.25, 0.3) is 0 Å². The van der Waals surface area contributed by atoms with Gasteiger partial charge in [-0.05, 0) is 36.8 Å². The van der Waals surface area contributed by atoms with E-state index in [9.17, 15) is 14.0 Å². The Morgan fingerprint density at radius 1 is 1.19 bits per heavy atom. The van der Waals surface area contributed by atoms with Gasteiger partial charge < -0.3 is 10.6 Å².